The molecular weight excluding hydrogens is 609 g/mol. The van der Waals surface area contributed by atoms with Crippen molar-refractivity contribution in [2.24, 2.45) is 11.1 Å². The third-order valence-electron chi connectivity index (χ3n) is 7.41. The fourth-order valence-corrected chi connectivity index (χ4v) is 6.39. The SMILES string of the molecule is N#Cc1ccc(-c2cc(-c3nn(-c4nc(C(=O)O)cs4)c(CC4CC4)c3Cc3ccc(S(N)(=O)=O)c(F)c3)ccc2F)cc1. The maximum atomic E-state index is 15.1. The van der Waals surface area contributed by atoms with E-state index >= 15 is 4.39 Å². The summed E-state index contributed by atoms with van der Waals surface area (Å²) in [5, 5.41) is 30.4. The van der Waals surface area contributed by atoms with E-state index in [9.17, 15) is 22.7 Å². The maximum Gasteiger partial charge on any atom is 0.355 e. The highest BCUT2D eigenvalue weighted by Crippen LogP contribution is 2.39. The summed E-state index contributed by atoms with van der Waals surface area (Å²) < 4.78 is 55.2. The number of nitrogens with two attached hydrogens (primary N) is 1. The number of nitriles is 1. The number of aromatic nitrogens is 3. The third-order valence-corrected chi connectivity index (χ3v) is 9.17. The molecule has 0 bridgehead atoms. The minimum Gasteiger partial charge on any atom is -0.476 e. The molecule has 0 atom stereocenters. The summed E-state index contributed by atoms with van der Waals surface area (Å²) >= 11 is 1.11. The second-order valence-corrected chi connectivity index (χ2v) is 12.9. The van der Waals surface area contributed by atoms with Crippen molar-refractivity contribution >= 4 is 27.3 Å². The molecule has 0 unspecified atom stereocenters. The van der Waals surface area contributed by atoms with E-state index in [0.29, 0.717) is 51.0 Å². The van der Waals surface area contributed by atoms with Crippen LogP contribution < -0.4 is 5.14 Å². The van der Waals surface area contributed by atoms with Gasteiger partial charge in [-0.25, -0.2) is 36.8 Å². The number of carbonyl (C=O) groups is 1. The number of thiazole rings is 1. The molecule has 5 aromatic rings. The van der Waals surface area contributed by atoms with Crippen LogP contribution in [-0.4, -0.2) is 34.3 Å². The topological polar surface area (TPSA) is 152 Å². The first-order chi connectivity index (χ1) is 21.0. The van der Waals surface area contributed by atoms with Crippen molar-refractivity contribution in [1.82, 2.24) is 14.8 Å². The predicted octanol–water partition coefficient (Wildman–Crippen LogP) is 5.70. The Labute approximate surface area is 254 Å². The number of halogens is 2. The van der Waals surface area contributed by atoms with Gasteiger partial charge < -0.3 is 5.11 Å². The Morgan fingerprint density at radius 2 is 1.80 bits per heavy atom. The number of aromatic carboxylic acids is 1. The van der Waals surface area contributed by atoms with Gasteiger partial charge in [0.25, 0.3) is 0 Å². The Kier molecular flexibility index (Phi) is 7.58. The van der Waals surface area contributed by atoms with Gasteiger partial charge in [-0.05, 0) is 78.8 Å². The minimum atomic E-state index is -4.27. The third kappa shape index (κ3) is 5.87. The molecule has 0 saturated heterocycles. The fourth-order valence-electron chi connectivity index (χ4n) is 5.03. The summed E-state index contributed by atoms with van der Waals surface area (Å²) in [6.07, 6.45) is 2.72. The number of rotatable bonds is 9. The quantitative estimate of drug-likeness (QED) is 0.212. The maximum absolute atomic E-state index is 15.1. The van der Waals surface area contributed by atoms with Gasteiger partial charge >= 0.3 is 5.97 Å². The molecule has 2 heterocycles. The van der Waals surface area contributed by atoms with Crippen molar-refractivity contribution in [1.29, 1.82) is 5.26 Å². The van der Waals surface area contributed by atoms with E-state index in [2.05, 4.69) is 4.98 Å². The standard InChI is InChI=1S/C31H23F2N5O4S2/c32-24-9-8-21(14-22(24)20-6-3-18(15-34)4-7-20)29-23(11-19-5-10-28(25(33)12-19)44(35,41)42)27(13-17-1-2-17)38(37-29)31-36-26(16-43-31)30(39)40/h3-10,12,14,16-17H,1-2,11,13H2,(H,39,40)(H2,35,41,42). The number of nitrogens with zero attached hydrogens (tertiary/aromatic N) is 4. The van der Waals surface area contributed by atoms with Crippen molar-refractivity contribution in [3.8, 4) is 33.6 Å². The van der Waals surface area contributed by atoms with Crippen molar-refractivity contribution in [3.05, 3.63) is 106 Å². The number of sulfonamides is 1. The van der Waals surface area contributed by atoms with Gasteiger partial charge in [0.2, 0.25) is 15.2 Å². The van der Waals surface area contributed by atoms with E-state index in [1.54, 1.807) is 41.1 Å². The van der Waals surface area contributed by atoms with Crippen LogP contribution in [0.5, 0.6) is 0 Å². The molecule has 9 nitrogen and oxygen atoms in total. The van der Waals surface area contributed by atoms with E-state index in [1.165, 1.54) is 17.5 Å². The van der Waals surface area contributed by atoms with Gasteiger partial charge in [0.05, 0.1) is 23.0 Å². The molecule has 0 aliphatic heterocycles. The Morgan fingerprint density at radius 3 is 2.41 bits per heavy atom. The molecule has 2 aromatic heterocycles. The van der Waals surface area contributed by atoms with Gasteiger partial charge in [0.15, 0.2) is 5.69 Å². The van der Waals surface area contributed by atoms with Crippen molar-refractivity contribution in [2.45, 2.75) is 30.6 Å². The first kappa shape index (κ1) is 29.3. The lowest BCUT2D eigenvalue weighted by molar-refractivity contribution is 0.0691. The first-order valence-corrected chi connectivity index (χ1v) is 15.9. The Morgan fingerprint density at radius 1 is 1.07 bits per heavy atom. The highest BCUT2D eigenvalue weighted by Gasteiger charge is 2.30. The van der Waals surface area contributed by atoms with Crippen LogP contribution in [0.25, 0.3) is 27.5 Å². The lowest BCUT2D eigenvalue weighted by atomic mass is 9.94. The van der Waals surface area contributed by atoms with E-state index in [1.807, 2.05) is 6.07 Å². The molecule has 1 fully saturated rings. The molecule has 44 heavy (non-hydrogen) atoms. The second kappa shape index (κ2) is 11.4. The van der Waals surface area contributed by atoms with Crippen LogP contribution in [-0.2, 0) is 22.9 Å². The largest absolute Gasteiger partial charge is 0.476 e. The van der Waals surface area contributed by atoms with Gasteiger partial charge in [0, 0.05) is 28.5 Å². The molecule has 0 spiro atoms. The normalized spacial score (nSPS) is 13.1. The molecule has 1 aliphatic carbocycles. The van der Waals surface area contributed by atoms with E-state index in [-0.39, 0.29) is 17.7 Å². The number of primary sulfonamides is 1. The lowest BCUT2D eigenvalue weighted by Gasteiger charge is -2.11. The van der Waals surface area contributed by atoms with Crippen molar-refractivity contribution < 1.29 is 27.1 Å². The number of hydrogen-bond donors (Lipinski definition) is 2. The van der Waals surface area contributed by atoms with Crippen LogP contribution in [0, 0.1) is 28.9 Å². The van der Waals surface area contributed by atoms with Gasteiger partial charge in [-0.2, -0.15) is 10.4 Å². The summed E-state index contributed by atoms with van der Waals surface area (Å²) in [6.45, 7) is 0. The molecule has 222 valence electrons. The number of carboxylic acid groups (broad SMARTS) is 1. The molecule has 13 heteroatoms. The van der Waals surface area contributed by atoms with Crippen LogP contribution in [0.2, 0.25) is 0 Å². The highest BCUT2D eigenvalue weighted by molar-refractivity contribution is 7.89. The van der Waals surface area contributed by atoms with E-state index < -0.39 is 32.5 Å². The van der Waals surface area contributed by atoms with Crippen molar-refractivity contribution in [3.63, 3.8) is 0 Å². The molecule has 6 rings (SSSR count). The van der Waals surface area contributed by atoms with E-state index in [0.717, 1.165) is 42.0 Å². The average molecular weight is 632 g/mol. The predicted molar refractivity (Wildman–Crippen MR) is 159 cm³/mol. The molecule has 3 N–H and O–H groups in total. The van der Waals surface area contributed by atoms with E-state index in [4.69, 9.17) is 15.5 Å². The smallest absolute Gasteiger partial charge is 0.355 e. The first-order valence-electron chi connectivity index (χ1n) is 13.4. The van der Waals surface area contributed by atoms with Crippen LogP contribution in [0.4, 0.5) is 8.78 Å². The number of carboxylic acids is 1. The van der Waals surface area contributed by atoms with Crippen LogP contribution in [0.15, 0.2) is 70.9 Å². The Hall–Kier alpha value is -4.77. The van der Waals surface area contributed by atoms with Crippen LogP contribution in [0.3, 0.4) is 0 Å². The fraction of sp³-hybridized carbons (Fsp3) is 0.161. The van der Waals surface area contributed by atoms with Gasteiger partial charge in [0.1, 0.15) is 16.5 Å². The molecule has 0 amide bonds. The molecule has 1 saturated carbocycles. The zero-order chi connectivity index (χ0) is 31.2. The molecule has 0 radical (unpaired) electrons. The zero-order valence-corrected chi connectivity index (χ0v) is 24.5. The average Bonchev–Trinajstić information content (AvgIpc) is 3.55. The molecule has 1 aliphatic rings. The molecular formula is C31H23F2N5O4S2. The monoisotopic (exact) mass is 631 g/mol. The van der Waals surface area contributed by atoms with Crippen molar-refractivity contribution in [2.75, 3.05) is 0 Å². The van der Waals surface area contributed by atoms with Gasteiger partial charge in [-0.1, -0.05) is 18.2 Å². The van der Waals surface area contributed by atoms with Gasteiger partial charge in [-0.15, -0.1) is 11.3 Å². The van der Waals surface area contributed by atoms with Crippen LogP contribution in [0.1, 0.15) is 45.7 Å². The lowest BCUT2D eigenvalue weighted by Crippen LogP contribution is -2.14. The highest BCUT2D eigenvalue weighted by atomic mass is 32.2. The summed E-state index contributed by atoms with van der Waals surface area (Å²) in [6, 6.07) is 16.8. The zero-order valence-electron chi connectivity index (χ0n) is 22.9. The summed E-state index contributed by atoms with van der Waals surface area (Å²) in [4.78, 5) is 15.2. The number of hydrogen-bond acceptors (Lipinski definition) is 7. The molecule has 3 aromatic carbocycles. The summed E-state index contributed by atoms with van der Waals surface area (Å²) in [7, 11) is -4.27. The Balaban J connectivity index is 1.54. The summed E-state index contributed by atoms with van der Waals surface area (Å²) in [5.74, 6) is -2.29. The van der Waals surface area contributed by atoms with Gasteiger partial charge in [-0.3, -0.25) is 0 Å². The number of benzene rings is 3. The van der Waals surface area contributed by atoms with Crippen LogP contribution >= 0.6 is 11.3 Å². The minimum absolute atomic E-state index is 0.133. The second-order valence-electron chi connectivity index (χ2n) is 10.5. The summed E-state index contributed by atoms with van der Waals surface area (Å²) in [5.41, 5.74) is 4.02. The Bertz CT molecular complexity index is 2080.